The summed E-state index contributed by atoms with van der Waals surface area (Å²) in [5.41, 5.74) is 2.95. The van der Waals surface area contributed by atoms with Crippen LogP contribution >= 0.6 is 0 Å². The smallest absolute Gasteiger partial charge is 0.254 e. The molecule has 1 aliphatic rings. The molecule has 1 aromatic heterocycles. The van der Waals surface area contributed by atoms with Crippen molar-refractivity contribution < 1.29 is 4.79 Å². The maximum atomic E-state index is 12.8. The first-order chi connectivity index (χ1) is 12.3. The molecule has 0 bridgehead atoms. The molecular weight excluding hydrogens is 324 g/mol. The van der Waals surface area contributed by atoms with Gasteiger partial charge in [0.15, 0.2) is 0 Å². The number of likely N-dealkylation sites (N-methyl/N-ethyl adjacent to an activating group) is 1. The molecule has 0 radical (unpaired) electrons. The van der Waals surface area contributed by atoms with Gasteiger partial charge in [0, 0.05) is 43.6 Å². The van der Waals surface area contributed by atoms with Crippen LogP contribution in [0.25, 0.3) is 0 Å². The summed E-state index contributed by atoms with van der Waals surface area (Å²) >= 11 is 0. The van der Waals surface area contributed by atoms with Crippen LogP contribution in [-0.2, 0) is 5.41 Å². The molecule has 2 aromatic rings. The lowest BCUT2D eigenvalue weighted by Gasteiger charge is -2.32. The van der Waals surface area contributed by atoms with E-state index >= 15 is 0 Å². The Labute approximate surface area is 156 Å². The highest BCUT2D eigenvalue weighted by molar-refractivity contribution is 5.95. The van der Waals surface area contributed by atoms with E-state index in [2.05, 4.69) is 55.2 Å². The Bertz CT molecular complexity index is 774. The molecule has 3 rings (SSSR count). The van der Waals surface area contributed by atoms with Crippen LogP contribution in [0.15, 0.2) is 42.6 Å². The normalized spacial score (nSPS) is 15.8. The minimum Gasteiger partial charge on any atom is -0.340 e. The number of hydrogen-bond acceptors (Lipinski definition) is 4. The predicted octanol–water partition coefficient (Wildman–Crippen LogP) is 3.51. The summed E-state index contributed by atoms with van der Waals surface area (Å²) in [6, 6.07) is 11.9. The van der Waals surface area contributed by atoms with Crippen LogP contribution in [-0.4, -0.2) is 53.9 Å². The van der Waals surface area contributed by atoms with E-state index in [1.165, 1.54) is 5.56 Å². The van der Waals surface area contributed by atoms with Gasteiger partial charge in [-0.1, -0.05) is 39.0 Å². The number of benzene rings is 1. The van der Waals surface area contributed by atoms with Gasteiger partial charge in [0.2, 0.25) is 0 Å². The number of carbonyl (C=O) groups excluding carboxylic acids is 1. The molecule has 1 saturated heterocycles. The SMILES string of the molecule is CN1CCN(C(=O)c2ccnc(Nc3ccccc3C(C)(C)C)c2)CC1. The van der Waals surface area contributed by atoms with E-state index in [1.807, 2.05) is 23.1 Å². The van der Waals surface area contributed by atoms with Crippen molar-refractivity contribution in [2.75, 3.05) is 38.5 Å². The number of para-hydroxylation sites is 1. The van der Waals surface area contributed by atoms with Crippen LogP contribution in [0.2, 0.25) is 0 Å². The maximum Gasteiger partial charge on any atom is 0.254 e. The van der Waals surface area contributed by atoms with Crippen LogP contribution in [0.3, 0.4) is 0 Å². The fraction of sp³-hybridized carbons (Fsp3) is 0.429. The van der Waals surface area contributed by atoms with Crippen molar-refractivity contribution >= 4 is 17.4 Å². The molecule has 1 fully saturated rings. The Morgan fingerprint density at radius 1 is 1.08 bits per heavy atom. The maximum absolute atomic E-state index is 12.8. The number of hydrogen-bond donors (Lipinski definition) is 1. The van der Waals surface area contributed by atoms with Crippen LogP contribution in [0.1, 0.15) is 36.7 Å². The van der Waals surface area contributed by atoms with Gasteiger partial charge >= 0.3 is 0 Å². The Kier molecular flexibility index (Phi) is 5.28. The van der Waals surface area contributed by atoms with Crippen LogP contribution < -0.4 is 5.32 Å². The molecule has 26 heavy (non-hydrogen) atoms. The molecule has 0 saturated carbocycles. The second kappa shape index (κ2) is 7.46. The predicted molar refractivity (Wildman–Crippen MR) is 106 cm³/mol. The van der Waals surface area contributed by atoms with Crippen molar-refractivity contribution in [3.05, 3.63) is 53.7 Å². The summed E-state index contributed by atoms with van der Waals surface area (Å²) in [6.07, 6.45) is 1.70. The van der Waals surface area contributed by atoms with Gasteiger partial charge in [-0.3, -0.25) is 4.79 Å². The topological polar surface area (TPSA) is 48.5 Å². The third-order valence-corrected chi connectivity index (χ3v) is 4.80. The standard InChI is InChI=1S/C21H28N4O/c1-21(2,3)17-7-5-6-8-18(17)23-19-15-16(9-10-22-19)20(26)25-13-11-24(4)12-14-25/h5-10,15H,11-14H2,1-4H3,(H,22,23). The quantitative estimate of drug-likeness (QED) is 0.918. The van der Waals surface area contributed by atoms with Crippen molar-refractivity contribution in [1.29, 1.82) is 0 Å². The number of pyridine rings is 1. The third kappa shape index (κ3) is 4.22. The number of piperazine rings is 1. The number of rotatable bonds is 3. The molecule has 1 amide bonds. The number of anilines is 2. The van der Waals surface area contributed by atoms with Crippen molar-refractivity contribution in [2.45, 2.75) is 26.2 Å². The lowest BCUT2D eigenvalue weighted by Crippen LogP contribution is -2.47. The highest BCUT2D eigenvalue weighted by atomic mass is 16.2. The van der Waals surface area contributed by atoms with E-state index in [1.54, 1.807) is 12.3 Å². The number of nitrogens with one attached hydrogen (secondary N) is 1. The van der Waals surface area contributed by atoms with Crippen molar-refractivity contribution in [2.24, 2.45) is 0 Å². The summed E-state index contributed by atoms with van der Waals surface area (Å²) in [4.78, 5) is 21.4. The first-order valence-corrected chi connectivity index (χ1v) is 9.15. The monoisotopic (exact) mass is 352 g/mol. The minimum absolute atomic E-state index is 0.0247. The van der Waals surface area contributed by atoms with Gasteiger partial charge in [-0.05, 0) is 36.2 Å². The van der Waals surface area contributed by atoms with Crippen molar-refractivity contribution in [3.8, 4) is 0 Å². The van der Waals surface area contributed by atoms with Gasteiger partial charge in [0.25, 0.3) is 5.91 Å². The number of nitrogens with zero attached hydrogens (tertiary/aromatic N) is 3. The largest absolute Gasteiger partial charge is 0.340 e. The molecule has 5 nitrogen and oxygen atoms in total. The number of aromatic nitrogens is 1. The van der Waals surface area contributed by atoms with Crippen LogP contribution in [0, 0.1) is 0 Å². The highest BCUT2D eigenvalue weighted by Gasteiger charge is 2.21. The van der Waals surface area contributed by atoms with Crippen molar-refractivity contribution in [3.63, 3.8) is 0 Å². The van der Waals surface area contributed by atoms with E-state index in [0.717, 1.165) is 31.9 Å². The van der Waals surface area contributed by atoms with Crippen molar-refractivity contribution in [1.82, 2.24) is 14.8 Å². The Morgan fingerprint density at radius 2 is 1.77 bits per heavy atom. The average Bonchev–Trinajstić information content (AvgIpc) is 2.61. The van der Waals surface area contributed by atoms with Gasteiger partial charge in [-0.2, -0.15) is 0 Å². The second-order valence-electron chi connectivity index (χ2n) is 7.95. The van der Waals surface area contributed by atoms with Crippen LogP contribution in [0.4, 0.5) is 11.5 Å². The third-order valence-electron chi connectivity index (χ3n) is 4.80. The Morgan fingerprint density at radius 3 is 2.46 bits per heavy atom. The number of carbonyl (C=O) groups is 1. The first kappa shape index (κ1) is 18.4. The van der Waals surface area contributed by atoms with E-state index in [-0.39, 0.29) is 11.3 Å². The van der Waals surface area contributed by atoms with E-state index in [0.29, 0.717) is 11.4 Å². The first-order valence-electron chi connectivity index (χ1n) is 9.15. The van der Waals surface area contributed by atoms with E-state index in [4.69, 9.17) is 0 Å². The molecule has 1 N–H and O–H groups in total. The van der Waals surface area contributed by atoms with Gasteiger partial charge in [0.05, 0.1) is 0 Å². The van der Waals surface area contributed by atoms with Gasteiger partial charge in [-0.25, -0.2) is 4.98 Å². The molecule has 1 aliphatic heterocycles. The summed E-state index contributed by atoms with van der Waals surface area (Å²) in [5.74, 6) is 0.773. The van der Waals surface area contributed by atoms with E-state index < -0.39 is 0 Å². The minimum atomic E-state index is 0.0247. The number of amides is 1. The molecular formula is C21H28N4O. The fourth-order valence-corrected chi connectivity index (χ4v) is 3.21. The zero-order chi connectivity index (χ0) is 18.7. The molecule has 0 spiro atoms. The lowest BCUT2D eigenvalue weighted by molar-refractivity contribution is 0.0664. The molecule has 2 heterocycles. The zero-order valence-electron chi connectivity index (χ0n) is 16.1. The Balaban J connectivity index is 1.79. The lowest BCUT2D eigenvalue weighted by atomic mass is 9.86. The summed E-state index contributed by atoms with van der Waals surface area (Å²) < 4.78 is 0. The summed E-state index contributed by atoms with van der Waals surface area (Å²) in [5, 5.41) is 3.39. The molecule has 0 unspecified atom stereocenters. The van der Waals surface area contributed by atoms with E-state index in [9.17, 15) is 4.79 Å². The Hall–Kier alpha value is -2.40. The second-order valence-corrected chi connectivity index (χ2v) is 7.95. The van der Waals surface area contributed by atoms with Crippen LogP contribution in [0.5, 0.6) is 0 Å². The summed E-state index contributed by atoms with van der Waals surface area (Å²) in [7, 11) is 2.09. The highest BCUT2D eigenvalue weighted by Crippen LogP contribution is 2.31. The summed E-state index contributed by atoms with van der Waals surface area (Å²) in [6.45, 7) is 9.94. The van der Waals surface area contributed by atoms with Gasteiger partial charge in [0.1, 0.15) is 5.82 Å². The molecule has 0 atom stereocenters. The zero-order valence-corrected chi connectivity index (χ0v) is 16.1. The van der Waals surface area contributed by atoms with Gasteiger partial charge in [-0.15, -0.1) is 0 Å². The molecule has 138 valence electrons. The molecule has 0 aliphatic carbocycles. The molecule has 5 heteroatoms. The fourth-order valence-electron chi connectivity index (χ4n) is 3.21. The average molecular weight is 352 g/mol. The van der Waals surface area contributed by atoms with Gasteiger partial charge < -0.3 is 15.1 Å². The molecule has 1 aromatic carbocycles.